The second kappa shape index (κ2) is 7.55. The summed E-state index contributed by atoms with van der Waals surface area (Å²) in [6, 6.07) is 2.36. The monoisotopic (exact) mass is 392 g/mol. The number of hydrogen-bond donors (Lipinski definition) is 1. The van der Waals surface area contributed by atoms with Crippen LogP contribution in [0.3, 0.4) is 0 Å². The number of anilines is 2. The van der Waals surface area contributed by atoms with E-state index in [1.165, 1.54) is 0 Å². The van der Waals surface area contributed by atoms with Crippen LogP contribution in [0.1, 0.15) is 27.2 Å². The van der Waals surface area contributed by atoms with E-state index in [2.05, 4.69) is 34.3 Å². The van der Waals surface area contributed by atoms with E-state index in [0.717, 1.165) is 35.9 Å². The zero-order valence-corrected chi connectivity index (χ0v) is 17.6. The van der Waals surface area contributed by atoms with Crippen LogP contribution in [0.4, 0.5) is 16.4 Å². The maximum atomic E-state index is 12.3. The molecule has 0 aromatic carbocycles. The van der Waals surface area contributed by atoms with Gasteiger partial charge in [-0.3, -0.25) is 5.32 Å². The molecule has 0 aliphatic carbocycles. The van der Waals surface area contributed by atoms with Gasteiger partial charge in [0.1, 0.15) is 17.2 Å². The van der Waals surface area contributed by atoms with Crippen LogP contribution in [-0.4, -0.2) is 70.7 Å². The maximum Gasteiger partial charge on any atom is 0.413 e. The van der Waals surface area contributed by atoms with E-state index >= 15 is 0 Å². The van der Waals surface area contributed by atoms with E-state index in [0.29, 0.717) is 11.9 Å². The van der Waals surface area contributed by atoms with Crippen molar-refractivity contribution in [2.45, 2.75) is 43.7 Å². The first kappa shape index (κ1) is 19.8. The van der Waals surface area contributed by atoms with Crippen molar-refractivity contribution in [1.29, 1.82) is 0 Å². The van der Waals surface area contributed by atoms with Gasteiger partial charge >= 0.3 is 6.09 Å². The van der Waals surface area contributed by atoms with Crippen LogP contribution in [0, 0.1) is 0 Å². The molecular weight excluding hydrogens is 364 g/mol. The molecule has 2 aromatic rings. The number of carbonyl (C=O) groups is 1. The minimum atomic E-state index is -0.568. The van der Waals surface area contributed by atoms with Crippen LogP contribution in [-0.2, 0) is 4.74 Å². The normalized spacial score (nSPS) is 17.7. The molecule has 1 aliphatic heterocycles. The molecule has 0 saturated carbocycles. The van der Waals surface area contributed by atoms with Crippen molar-refractivity contribution in [2.75, 3.05) is 43.7 Å². The molecule has 9 heteroatoms. The predicted molar refractivity (Wildman–Crippen MR) is 109 cm³/mol. The fourth-order valence-corrected chi connectivity index (χ4v) is 3.57. The molecule has 8 nitrogen and oxygen atoms in total. The Bertz CT molecular complexity index is 829. The Kier molecular flexibility index (Phi) is 5.53. The van der Waals surface area contributed by atoms with Gasteiger partial charge in [0.25, 0.3) is 0 Å². The fraction of sp³-hybridized carbons (Fsp3) is 0.611. The van der Waals surface area contributed by atoms with Crippen LogP contribution in [0.25, 0.3) is 5.65 Å². The number of nitrogens with zero attached hydrogens (tertiary/aromatic N) is 5. The number of hydrogen-bond acceptors (Lipinski definition) is 7. The molecule has 148 valence electrons. The third-order valence-corrected chi connectivity index (χ3v) is 5.22. The number of carbonyl (C=O) groups excluding carboxylic acids is 1. The maximum absolute atomic E-state index is 12.3. The quantitative estimate of drug-likeness (QED) is 0.802. The molecule has 3 rings (SSSR count). The lowest BCUT2D eigenvalue weighted by molar-refractivity contribution is 0.0635. The molecule has 0 unspecified atom stereocenters. The standard InChI is InChI=1S/C18H28N6O2S/c1-18(2,3)26-17(25)21-15-9-14(23-8-7-12(11-23)22(4)5)20-16-13(27-6)10-19-24(15)16/h9-10,12H,7-8,11H2,1-6H3,(H,21,25)/t12-/m0/s1. The van der Waals surface area contributed by atoms with Crippen molar-refractivity contribution in [3.8, 4) is 0 Å². The van der Waals surface area contributed by atoms with Gasteiger partial charge in [0.05, 0.1) is 11.1 Å². The van der Waals surface area contributed by atoms with Crippen molar-refractivity contribution in [3.63, 3.8) is 0 Å². The highest BCUT2D eigenvalue weighted by atomic mass is 32.2. The van der Waals surface area contributed by atoms with Crippen molar-refractivity contribution in [1.82, 2.24) is 19.5 Å². The molecule has 1 fully saturated rings. The number of rotatable bonds is 4. The highest BCUT2D eigenvalue weighted by molar-refractivity contribution is 7.98. The van der Waals surface area contributed by atoms with Crippen LogP contribution < -0.4 is 10.2 Å². The summed E-state index contributed by atoms with van der Waals surface area (Å²) in [5, 5.41) is 7.22. The summed E-state index contributed by atoms with van der Waals surface area (Å²) in [4.78, 5) is 22.6. The molecule has 0 spiro atoms. The van der Waals surface area contributed by atoms with E-state index in [1.807, 2.05) is 33.1 Å². The predicted octanol–water partition coefficient (Wildman–Crippen LogP) is 2.94. The van der Waals surface area contributed by atoms with Crippen molar-refractivity contribution >= 4 is 35.1 Å². The van der Waals surface area contributed by atoms with E-state index in [4.69, 9.17) is 9.72 Å². The van der Waals surface area contributed by atoms with Crippen molar-refractivity contribution < 1.29 is 9.53 Å². The van der Waals surface area contributed by atoms with Gasteiger partial charge in [0.15, 0.2) is 5.65 Å². The summed E-state index contributed by atoms with van der Waals surface area (Å²) < 4.78 is 7.05. The van der Waals surface area contributed by atoms with Gasteiger partial charge in [-0.1, -0.05) is 0 Å². The Morgan fingerprint density at radius 3 is 2.74 bits per heavy atom. The third kappa shape index (κ3) is 4.47. The number of likely N-dealkylation sites (N-methyl/N-ethyl adjacent to an activating group) is 1. The smallest absolute Gasteiger partial charge is 0.413 e. The summed E-state index contributed by atoms with van der Waals surface area (Å²) in [5.41, 5.74) is 0.168. The van der Waals surface area contributed by atoms with E-state index in [-0.39, 0.29) is 0 Å². The fourth-order valence-electron chi connectivity index (χ4n) is 3.10. The van der Waals surface area contributed by atoms with E-state index in [1.54, 1.807) is 22.5 Å². The molecule has 1 amide bonds. The van der Waals surface area contributed by atoms with Gasteiger partial charge in [-0.2, -0.15) is 9.61 Å². The van der Waals surface area contributed by atoms with Crippen LogP contribution >= 0.6 is 11.8 Å². The zero-order chi connectivity index (χ0) is 19.8. The zero-order valence-electron chi connectivity index (χ0n) is 16.8. The highest BCUT2D eigenvalue weighted by Gasteiger charge is 2.26. The van der Waals surface area contributed by atoms with Gasteiger partial charge in [-0.25, -0.2) is 9.78 Å². The number of aromatic nitrogens is 3. The summed E-state index contributed by atoms with van der Waals surface area (Å²) >= 11 is 1.58. The molecule has 1 N–H and O–H groups in total. The van der Waals surface area contributed by atoms with E-state index in [9.17, 15) is 4.79 Å². The topological polar surface area (TPSA) is 75.0 Å². The Balaban J connectivity index is 1.94. The Labute approximate surface area is 164 Å². The number of amides is 1. The molecule has 2 aromatic heterocycles. The Morgan fingerprint density at radius 1 is 1.41 bits per heavy atom. The van der Waals surface area contributed by atoms with Gasteiger partial charge in [-0.15, -0.1) is 11.8 Å². The van der Waals surface area contributed by atoms with Gasteiger partial charge in [0.2, 0.25) is 0 Å². The van der Waals surface area contributed by atoms with Crippen LogP contribution in [0.15, 0.2) is 17.2 Å². The molecule has 1 saturated heterocycles. The molecule has 3 heterocycles. The molecule has 0 bridgehead atoms. The Hall–Kier alpha value is -2.00. The average molecular weight is 393 g/mol. The first-order valence-corrected chi connectivity index (χ1v) is 10.2. The number of thioether (sulfide) groups is 1. The number of ether oxygens (including phenoxy) is 1. The minimum absolute atomic E-state index is 0.496. The largest absolute Gasteiger partial charge is 0.444 e. The molecule has 1 aliphatic rings. The summed E-state index contributed by atoms with van der Waals surface area (Å²) in [5.74, 6) is 1.39. The lowest BCUT2D eigenvalue weighted by Gasteiger charge is -2.22. The SMILES string of the molecule is CSc1cnn2c(NC(=O)OC(C)(C)C)cc(N3CC[C@H](N(C)C)C3)nc12. The van der Waals surface area contributed by atoms with E-state index < -0.39 is 11.7 Å². The van der Waals surface area contributed by atoms with Gasteiger partial charge in [-0.05, 0) is 47.5 Å². The molecule has 0 radical (unpaired) electrons. The second-order valence-electron chi connectivity index (χ2n) is 7.93. The second-order valence-corrected chi connectivity index (χ2v) is 8.78. The minimum Gasteiger partial charge on any atom is -0.444 e. The first-order valence-electron chi connectivity index (χ1n) is 9.02. The lowest BCUT2D eigenvalue weighted by atomic mass is 10.2. The summed E-state index contributed by atoms with van der Waals surface area (Å²) in [6.45, 7) is 7.36. The van der Waals surface area contributed by atoms with Crippen molar-refractivity contribution in [3.05, 3.63) is 12.3 Å². The van der Waals surface area contributed by atoms with Gasteiger partial charge < -0.3 is 14.5 Å². The molecular formula is C18H28N6O2S. The summed E-state index contributed by atoms with van der Waals surface area (Å²) in [6.07, 6.45) is 4.34. The number of fused-ring (bicyclic) bond motifs is 1. The lowest BCUT2D eigenvalue weighted by Crippen LogP contribution is -2.32. The van der Waals surface area contributed by atoms with Gasteiger partial charge in [0, 0.05) is 25.2 Å². The Morgan fingerprint density at radius 2 is 2.15 bits per heavy atom. The highest BCUT2D eigenvalue weighted by Crippen LogP contribution is 2.28. The number of nitrogens with one attached hydrogen (secondary N) is 1. The summed E-state index contributed by atoms with van der Waals surface area (Å²) in [7, 11) is 4.20. The van der Waals surface area contributed by atoms with Crippen molar-refractivity contribution in [2.24, 2.45) is 0 Å². The molecule has 1 atom stereocenters. The average Bonchev–Trinajstić information content (AvgIpc) is 3.19. The van der Waals surface area contributed by atoms with Crippen LogP contribution in [0.5, 0.6) is 0 Å². The van der Waals surface area contributed by atoms with Crippen LogP contribution in [0.2, 0.25) is 0 Å². The third-order valence-electron chi connectivity index (χ3n) is 4.49. The first-order chi connectivity index (χ1) is 12.7. The molecule has 27 heavy (non-hydrogen) atoms.